The summed E-state index contributed by atoms with van der Waals surface area (Å²) < 4.78 is 5.24. The fraction of sp³-hybridized carbons (Fsp3) is 0.261. The zero-order valence-electron chi connectivity index (χ0n) is 17.3. The predicted molar refractivity (Wildman–Crippen MR) is 130 cm³/mol. The van der Waals surface area contributed by atoms with Gasteiger partial charge in [-0.05, 0) is 61.8 Å². The van der Waals surface area contributed by atoms with Crippen LogP contribution in [0, 0.1) is 6.92 Å². The maximum atomic E-state index is 12.9. The molecule has 3 aromatic rings. The molecule has 2 N–H and O–H groups in total. The number of unbranched alkanes of at least 4 members (excludes halogenated alkanes) is 2. The summed E-state index contributed by atoms with van der Waals surface area (Å²) in [5.41, 5.74) is 3.00. The number of amides is 1. The minimum Gasteiger partial charge on any atom is -0.360 e. The lowest BCUT2D eigenvalue weighted by Gasteiger charge is -2.11. The van der Waals surface area contributed by atoms with Crippen molar-refractivity contribution in [3.05, 3.63) is 69.4 Å². The second-order valence-corrected chi connectivity index (χ2v) is 8.34. The average Bonchev–Trinajstić information content (AvgIpc) is 3.10. The molecular weight excluding hydrogens is 453 g/mol. The number of carbonyl (C=O) groups is 1. The minimum absolute atomic E-state index is 0.167. The first kappa shape index (κ1) is 23.3. The Labute approximate surface area is 197 Å². The average molecular weight is 476 g/mol. The van der Waals surface area contributed by atoms with Crippen LogP contribution in [0.5, 0.6) is 0 Å². The molecule has 0 radical (unpaired) electrons. The summed E-state index contributed by atoms with van der Waals surface area (Å²) >= 11 is 17.9. The third-order valence-corrected chi connectivity index (χ3v) is 5.63. The van der Waals surface area contributed by atoms with E-state index in [1.165, 1.54) is 24.8 Å². The van der Waals surface area contributed by atoms with Crippen LogP contribution >= 0.6 is 35.4 Å². The second-order valence-electron chi connectivity index (χ2n) is 7.12. The van der Waals surface area contributed by atoms with Gasteiger partial charge in [0, 0.05) is 11.3 Å². The molecule has 0 unspecified atom stereocenters. The number of aromatic nitrogens is 1. The summed E-state index contributed by atoms with van der Waals surface area (Å²) in [5, 5.41) is 10.6. The van der Waals surface area contributed by atoms with Gasteiger partial charge in [0.1, 0.15) is 17.0 Å². The molecule has 0 saturated carbocycles. The van der Waals surface area contributed by atoms with E-state index in [-0.39, 0.29) is 16.4 Å². The third-order valence-electron chi connectivity index (χ3n) is 4.80. The predicted octanol–water partition coefficient (Wildman–Crippen LogP) is 6.82. The number of nitrogens with zero attached hydrogens (tertiary/aromatic N) is 1. The van der Waals surface area contributed by atoms with Gasteiger partial charge in [0.05, 0.1) is 10.0 Å². The third kappa shape index (κ3) is 5.85. The van der Waals surface area contributed by atoms with Crippen molar-refractivity contribution >= 4 is 52.1 Å². The van der Waals surface area contributed by atoms with Crippen molar-refractivity contribution in [3.63, 3.8) is 0 Å². The van der Waals surface area contributed by atoms with Gasteiger partial charge in [0.15, 0.2) is 5.11 Å². The Morgan fingerprint density at radius 3 is 2.42 bits per heavy atom. The van der Waals surface area contributed by atoms with Crippen LogP contribution in [0.25, 0.3) is 11.3 Å². The highest BCUT2D eigenvalue weighted by atomic mass is 35.5. The van der Waals surface area contributed by atoms with Gasteiger partial charge in [-0.2, -0.15) is 0 Å². The largest absolute Gasteiger partial charge is 0.360 e. The highest BCUT2D eigenvalue weighted by Gasteiger charge is 2.25. The molecule has 31 heavy (non-hydrogen) atoms. The Balaban J connectivity index is 1.70. The van der Waals surface area contributed by atoms with Crippen LogP contribution in [0.15, 0.2) is 47.0 Å². The Morgan fingerprint density at radius 1 is 1.10 bits per heavy atom. The quantitative estimate of drug-likeness (QED) is 0.289. The van der Waals surface area contributed by atoms with Gasteiger partial charge in [-0.25, -0.2) is 0 Å². The lowest BCUT2D eigenvalue weighted by molar-refractivity contribution is 0.0977. The summed E-state index contributed by atoms with van der Waals surface area (Å²) in [4.78, 5) is 12.9. The molecule has 0 atom stereocenters. The van der Waals surface area contributed by atoms with E-state index in [4.69, 9.17) is 39.9 Å². The number of rotatable bonds is 7. The lowest BCUT2D eigenvalue weighted by Crippen LogP contribution is -2.34. The highest BCUT2D eigenvalue weighted by molar-refractivity contribution is 7.80. The minimum atomic E-state index is -0.460. The van der Waals surface area contributed by atoms with E-state index >= 15 is 0 Å². The van der Waals surface area contributed by atoms with Crippen LogP contribution in [-0.2, 0) is 6.42 Å². The molecule has 8 heteroatoms. The number of anilines is 1. The SMILES string of the molecule is CCCCCc1ccc(NC(=S)NC(=O)c2c(-c3c(Cl)cccc3Cl)noc2C)cc1. The van der Waals surface area contributed by atoms with Gasteiger partial charge in [-0.15, -0.1) is 0 Å². The standard InChI is InChI=1S/C23H23Cl2N3O2S/c1-3-4-5-7-15-10-12-16(13-11-15)26-23(31)27-22(29)19-14(2)30-28-21(19)20-17(24)8-6-9-18(20)25/h6,8-13H,3-5,7H2,1-2H3,(H2,26,27,29,31). The summed E-state index contributed by atoms with van der Waals surface area (Å²) in [7, 11) is 0. The Morgan fingerprint density at radius 2 is 1.77 bits per heavy atom. The molecule has 1 amide bonds. The van der Waals surface area contributed by atoms with Gasteiger partial charge >= 0.3 is 0 Å². The normalized spacial score (nSPS) is 10.7. The fourth-order valence-electron chi connectivity index (χ4n) is 3.20. The number of halogens is 2. The Kier molecular flexibility index (Phi) is 8.07. The zero-order chi connectivity index (χ0) is 22.4. The number of hydrogen-bond donors (Lipinski definition) is 2. The molecule has 2 aromatic carbocycles. The lowest BCUT2D eigenvalue weighted by atomic mass is 10.1. The van der Waals surface area contributed by atoms with E-state index in [0.717, 1.165) is 12.1 Å². The number of thiocarbonyl (C=S) groups is 1. The van der Waals surface area contributed by atoms with E-state index in [2.05, 4.69) is 34.8 Å². The number of hydrogen-bond acceptors (Lipinski definition) is 4. The summed E-state index contributed by atoms with van der Waals surface area (Å²) in [6.07, 6.45) is 4.65. The fourth-order valence-corrected chi connectivity index (χ4v) is 3.98. The smallest absolute Gasteiger partial charge is 0.263 e. The summed E-state index contributed by atoms with van der Waals surface area (Å²) in [6.45, 7) is 3.83. The Bertz CT molecular complexity index is 1060. The molecule has 0 aliphatic carbocycles. The van der Waals surface area contributed by atoms with Gasteiger partial charge < -0.3 is 9.84 Å². The van der Waals surface area contributed by atoms with Gasteiger partial charge in [-0.3, -0.25) is 10.1 Å². The van der Waals surface area contributed by atoms with E-state index < -0.39 is 5.91 Å². The van der Waals surface area contributed by atoms with Crippen molar-refractivity contribution in [1.29, 1.82) is 0 Å². The van der Waals surface area contributed by atoms with Crippen molar-refractivity contribution in [2.75, 3.05) is 5.32 Å². The van der Waals surface area contributed by atoms with Crippen molar-refractivity contribution in [2.45, 2.75) is 39.5 Å². The van der Waals surface area contributed by atoms with Gasteiger partial charge in [0.2, 0.25) is 0 Å². The first-order valence-corrected chi connectivity index (χ1v) is 11.2. The molecule has 5 nitrogen and oxygen atoms in total. The summed E-state index contributed by atoms with van der Waals surface area (Å²) in [6, 6.07) is 13.1. The zero-order valence-corrected chi connectivity index (χ0v) is 19.6. The molecule has 0 fully saturated rings. The highest BCUT2D eigenvalue weighted by Crippen LogP contribution is 2.36. The molecule has 0 saturated heterocycles. The molecule has 0 aliphatic rings. The molecular formula is C23H23Cl2N3O2S. The van der Waals surface area contributed by atoms with E-state index in [1.54, 1.807) is 25.1 Å². The van der Waals surface area contributed by atoms with Gasteiger partial charge in [0.25, 0.3) is 5.91 Å². The topological polar surface area (TPSA) is 67.2 Å². The van der Waals surface area contributed by atoms with E-state index in [9.17, 15) is 4.79 Å². The van der Waals surface area contributed by atoms with Crippen LogP contribution in [0.1, 0.15) is 47.9 Å². The molecule has 1 aromatic heterocycles. The maximum absolute atomic E-state index is 12.9. The number of nitrogens with one attached hydrogen (secondary N) is 2. The van der Waals surface area contributed by atoms with Crippen molar-refractivity contribution in [1.82, 2.24) is 10.5 Å². The van der Waals surface area contributed by atoms with Gasteiger partial charge in [-0.1, -0.05) is 66.3 Å². The van der Waals surface area contributed by atoms with Crippen molar-refractivity contribution < 1.29 is 9.32 Å². The Hall–Kier alpha value is -2.41. The van der Waals surface area contributed by atoms with Crippen LogP contribution in [0.3, 0.4) is 0 Å². The monoisotopic (exact) mass is 475 g/mol. The van der Waals surface area contributed by atoms with Crippen LogP contribution in [0.4, 0.5) is 5.69 Å². The molecule has 162 valence electrons. The molecule has 1 heterocycles. The van der Waals surface area contributed by atoms with Crippen molar-refractivity contribution in [3.8, 4) is 11.3 Å². The van der Waals surface area contributed by atoms with E-state index in [1.807, 2.05) is 12.1 Å². The van der Waals surface area contributed by atoms with E-state index in [0.29, 0.717) is 21.4 Å². The molecule has 0 bridgehead atoms. The first-order valence-electron chi connectivity index (χ1n) is 10.0. The number of aryl methyl sites for hydroxylation is 2. The van der Waals surface area contributed by atoms with Crippen LogP contribution in [0.2, 0.25) is 10.0 Å². The van der Waals surface area contributed by atoms with Crippen LogP contribution in [-0.4, -0.2) is 16.2 Å². The number of carbonyl (C=O) groups excluding carboxylic acids is 1. The van der Waals surface area contributed by atoms with Crippen molar-refractivity contribution in [2.24, 2.45) is 0 Å². The first-order chi connectivity index (χ1) is 14.9. The second kappa shape index (κ2) is 10.8. The number of benzene rings is 2. The molecule has 0 aliphatic heterocycles. The molecule has 3 rings (SSSR count). The van der Waals surface area contributed by atoms with Crippen LogP contribution < -0.4 is 10.6 Å². The maximum Gasteiger partial charge on any atom is 0.263 e. The molecule has 0 spiro atoms. The summed E-state index contributed by atoms with van der Waals surface area (Å²) in [5.74, 6) is -0.124.